The van der Waals surface area contributed by atoms with Gasteiger partial charge in [-0.05, 0) is 68.4 Å². The minimum Gasteiger partial charge on any atom is -0.504 e. The molecule has 1 aromatic carbocycles. The molecule has 4 saturated carbocycles. The first-order valence-corrected chi connectivity index (χ1v) is 10.7. The van der Waals surface area contributed by atoms with Gasteiger partial charge in [0.15, 0.2) is 17.2 Å². The van der Waals surface area contributed by atoms with Crippen molar-refractivity contribution in [3.63, 3.8) is 0 Å². The topological polar surface area (TPSA) is 101 Å². The van der Waals surface area contributed by atoms with E-state index in [0.29, 0.717) is 32.1 Å². The molecular weight excluding hydrogens is 372 g/mol. The lowest BCUT2D eigenvalue weighted by atomic mass is 9.49. The highest BCUT2D eigenvalue weighted by molar-refractivity contribution is 5.95. The van der Waals surface area contributed by atoms with Gasteiger partial charge in [0, 0.05) is 31.7 Å². The molecule has 4 bridgehead atoms. The average molecular weight is 400 g/mol. The highest BCUT2D eigenvalue weighted by Gasteiger charge is 2.55. The number of carbonyl (C=O) groups excluding carboxylic acids is 2. The summed E-state index contributed by atoms with van der Waals surface area (Å²) in [6.45, 7) is 1.89. The fourth-order valence-electron chi connectivity index (χ4n) is 6.73. The Hall–Kier alpha value is -2.44. The van der Waals surface area contributed by atoms with Crippen molar-refractivity contribution in [2.24, 2.45) is 23.2 Å². The molecule has 0 atom stereocenters. The molecule has 0 radical (unpaired) electrons. The molecule has 0 aromatic heterocycles. The van der Waals surface area contributed by atoms with E-state index in [1.54, 1.807) is 4.90 Å². The molecule has 0 unspecified atom stereocenters. The average Bonchev–Trinajstić information content (AvgIpc) is 2.69. The molecule has 4 aliphatic carbocycles. The predicted molar refractivity (Wildman–Crippen MR) is 105 cm³/mol. The van der Waals surface area contributed by atoms with Crippen molar-refractivity contribution in [2.45, 2.75) is 38.5 Å². The van der Waals surface area contributed by atoms with Crippen LogP contribution in [0.4, 0.5) is 0 Å². The predicted octanol–water partition coefficient (Wildman–Crippen LogP) is 2.30. The monoisotopic (exact) mass is 400 g/mol. The normalized spacial score (nSPS) is 33.2. The van der Waals surface area contributed by atoms with Gasteiger partial charge in [-0.3, -0.25) is 9.59 Å². The Morgan fingerprint density at radius 1 is 0.793 bits per heavy atom. The van der Waals surface area contributed by atoms with Crippen LogP contribution in [0.2, 0.25) is 0 Å². The second-order valence-corrected chi connectivity index (χ2v) is 9.65. The van der Waals surface area contributed by atoms with E-state index in [1.807, 2.05) is 4.90 Å². The number of rotatable bonds is 2. The van der Waals surface area contributed by atoms with Crippen LogP contribution in [0, 0.1) is 23.2 Å². The second-order valence-electron chi connectivity index (χ2n) is 9.65. The van der Waals surface area contributed by atoms with Crippen molar-refractivity contribution in [3.8, 4) is 17.2 Å². The third-order valence-electron chi connectivity index (χ3n) is 7.66. The minimum atomic E-state index is -0.632. The summed E-state index contributed by atoms with van der Waals surface area (Å²) in [4.78, 5) is 29.8. The van der Waals surface area contributed by atoms with Gasteiger partial charge in [0.25, 0.3) is 5.91 Å². The maximum Gasteiger partial charge on any atom is 0.254 e. The summed E-state index contributed by atoms with van der Waals surface area (Å²) in [6, 6.07) is 2.31. The molecule has 3 N–H and O–H groups in total. The zero-order valence-corrected chi connectivity index (χ0v) is 16.5. The van der Waals surface area contributed by atoms with Crippen LogP contribution in [0.1, 0.15) is 48.9 Å². The zero-order chi connectivity index (χ0) is 20.3. The molecule has 7 heteroatoms. The number of benzene rings is 1. The molecule has 29 heavy (non-hydrogen) atoms. The molecule has 156 valence electrons. The third-order valence-corrected chi connectivity index (χ3v) is 7.66. The van der Waals surface area contributed by atoms with E-state index >= 15 is 0 Å². The summed E-state index contributed by atoms with van der Waals surface area (Å²) in [5, 5.41) is 28.8. The Morgan fingerprint density at radius 2 is 1.24 bits per heavy atom. The Labute approximate surface area is 169 Å². The van der Waals surface area contributed by atoms with Gasteiger partial charge >= 0.3 is 0 Å². The van der Waals surface area contributed by atoms with Crippen LogP contribution in [0.5, 0.6) is 17.2 Å². The van der Waals surface area contributed by atoms with E-state index in [4.69, 9.17) is 0 Å². The fraction of sp³-hybridized carbons (Fsp3) is 0.636. The number of hydrogen-bond donors (Lipinski definition) is 3. The number of aromatic hydroxyl groups is 3. The van der Waals surface area contributed by atoms with Gasteiger partial charge in [0.2, 0.25) is 5.91 Å². The van der Waals surface area contributed by atoms with Crippen molar-refractivity contribution in [2.75, 3.05) is 26.2 Å². The standard InChI is InChI=1S/C22H28N2O5/c25-17-8-16(9-18(26)19(17)27)20(28)23-1-3-24(4-2-23)21(29)22-10-13-5-14(11-22)7-15(6-13)12-22/h8-9,13-15,25-27H,1-7,10-12H2. The van der Waals surface area contributed by atoms with Gasteiger partial charge in [-0.15, -0.1) is 0 Å². The molecule has 1 heterocycles. The smallest absolute Gasteiger partial charge is 0.254 e. The molecule has 0 spiro atoms. The lowest BCUT2D eigenvalue weighted by Crippen LogP contribution is -2.58. The van der Waals surface area contributed by atoms with Crippen molar-refractivity contribution >= 4 is 11.8 Å². The van der Waals surface area contributed by atoms with Gasteiger partial charge in [0.05, 0.1) is 5.41 Å². The van der Waals surface area contributed by atoms with E-state index in [2.05, 4.69) is 0 Å². The molecule has 1 aromatic rings. The first kappa shape index (κ1) is 18.6. The Kier molecular flexibility index (Phi) is 4.19. The maximum atomic E-state index is 13.5. The van der Waals surface area contributed by atoms with Gasteiger partial charge in [-0.25, -0.2) is 0 Å². The summed E-state index contributed by atoms with van der Waals surface area (Å²) in [6.07, 6.45) is 7.05. The van der Waals surface area contributed by atoms with Crippen LogP contribution in [0.3, 0.4) is 0 Å². The highest BCUT2D eigenvalue weighted by atomic mass is 16.3. The number of hydrogen-bond acceptors (Lipinski definition) is 5. The first-order chi connectivity index (χ1) is 13.8. The van der Waals surface area contributed by atoms with Crippen LogP contribution in [-0.2, 0) is 4.79 Å². The number of phenols is 3. The number of phenolic OH excluding ortho intramolecular Hbond substituents is 3. The van der Waals surface area contributed by atoms with Crippen LogP contribution >= 0.6 is 0 Å². The van der Waals surface area contributed by atoms with Gasteiger partial charge in [-0.2, -0.15) is 0 Å². The van der Waals surface area contributed by atoms with Gasteiger partial charge in [0.1, 0.15) is 0 Å². The lowest BCUT2D eigenvalue weighted by molar-refractivity contribution is -0.159. The summed E-state index contributed by atoms with van der Waals surface area (Å²) < 4.78 is 0. The number of carbonyl (C=O) groups is 2. The van der Waals surface area contributed by atoms with Crippen molar-refractivity contribution in [1.29, 1.82) is 0 Å². The molecule has 2 amide bonds. The molecular formula is C22H28N2O5. The number of amides is 2. The van der Waals surface area contributed by atoms with Crippen molar-refractivity contribution in [1.82, 2.24) is 9.80 Å². The van der Waals surface area contributed by atoms with Crippen LogP contribution in [0.25, 0.3) is 0 Å². The summed E-state index contributed by atoms with van der Waals surface area (Å²) in [7, 11) is 0. The summed E-state index contributed by atoms with van der Waals surface area (Å²) >= 11 is 0. The van der Waals surface area contributed by atoms with Crippen molar-refractivity contribution in [3.05, 3.63) is 17.7 Å². The van der Waals surface area contributed by atoms with Gasteiger partial charge in [-0.1, -0.05) is 0 Å². The molecule has 1 saturated heterocycles. The SMILES string of the molecule is O=C(c1cc(O)c(O)c(O)c1)N1CCN(C(=O)C23CC4CC(CC(C4)C2)C3)CC1. The Bertz CT molecular complexity index is 800. The van der Waals surface area contributed by atoms with Crippen molar-refractivity contribution < 1.29 is 24.9 Å². The second kappa shape index (κ2) is 6.54. The quantitative estimate of drug-likeness (QED) is 0.662. The van der Waals surface area contributed by atoms with Crippen LogP contribution in [0.15, 0.2) is 12.1 Å². The first-order valence-electron chi connectivity index (χ1n) is 10.7. The zero-order valence-electron chi connectivity index (χ0n) is 16.5. The Morgan fingerprint density at radius 3 is 1.72 bits per heavy atom. The minimum absolute atomic E-state index is 0.124. The van der Waals surface area contributed by atoms with Crippen LogP contribution < -0.4 is 0 Å². The lowest BCUT2D eigenvalue weighted by Gasteiger charge is -2.57. The third kappa shape index (κ3) is 3.02. The molecule has 7 nitrogen and oxygen atoms in total. The number of piperazine rings is 1. The largest absolute Gasteiger partial charge is 0.504 e. The highest BCUT2D eigenvalue weighted by Crippen LogP contribution is 2.60. The van der Waals surface area contributed by atoms with Crippen LogP contribution in [-0.4, -0.2) is 63.1 Å². The number of nitrogens with zero attached hydrogens (tertiary/aromatic N) is 2. The van der Waals surface area contributed by atoms with E-state index < -0.39 is 17.2 Å². The molecule has 6 rings (SSSR count). The van der Waals surface area contributed by atoms with Gasteiger partial charge < -0.3 is 25.1 Å². The molecule has 5 fully saturated rings. The van der Waals surface area contributed by atoms with E-state index in [-0.39, 0.29) is 16.9 Å². The fourth-order valence-corrected chi connectivity index (χ4v) is 6.73. The summed E-state index contributed by atoms with van der Waals surface area (Å²) in [5.74, 6) is 0.468. The maximum absolute atomic E-state index is 13.5. The van der Waals surface area contributed by atoms with E-state index in [0.717, 1.165) is 49.1 Å². The molecule has 5 aliphatic rings. The van der Waals surface area contributed by atoms with E-state index in [1.165, 1.54) is 19.3 Å². The Balaban J connectivity index is 1.25. The summed E-state index contributed by atoms with van der Waals surface area (Å²) in [5.41, 5.74) is -0.0335. The molecule has 1 aliphatic heterocycles. The van der Waals surface area contributed by atoms with E-state index in [9.17, 15) is 24.9 Å².